The second-order valence-electron chi connectivity index (χ2n) is 11.3. The van der Waals surface area contributed by atoms with E-state index in [1.54, 1.807) is 0 Å². The molecule has 0 saturated carbocycles. The fourth-order valence-electron chi connectivity index (χ4n) is 6.89. The minimum absolute atomic E-state index is 0.304. The molecule has 44 heavy (non-hydrogen) atoms. The molecule has 7 aromatic carbocycles. The van der Waals surface area contributed by atoms with Crippen LogP contribution in [0, 0.1) is 0 Å². The summed E-state index contributed by atoms with van der Waals surface area (Å²) in [4.78, 5) is 29.2. The van der Waals surface area contributed by atoms with Crippen molar-refractivity contribution in [3.05, 3.63) is 157 Å². The van der Waals surface area contributed by atoms with Crippen LogP contribution in [0.4, 0.5) is 5.69 Å². The number of hydrogen-bond acceptors (Lipinski definition) is 2. The molecule has 0 atom stereocenters. The van der Waals surface area contributed by atoms with Crippen molar-refractivity contribution in [1.29, 1.82) is 0 Å². The lowest BCUT2D eigenvalue weighted by Gasteiger charge is -2.28. The number of amides is 2. The molecular weight excluding hydrogens is 540 g/mol. The van der Waals surface area contributed by atoms with Gasteiger partial charge in [0.05, 0.1) is 16.7 Å². The van der Waals surface area contributed by atoms with E-state index in [4.69, 9.17) is 0 Å². The molecule has 0 unspecified atom stereocenters. The number of aromatic nitrogens is 1. The van der Waals surface area contributed by atoms with Crippen LogP contribution in [0.15, 0.2) is 146 Å². The van der Waals surface area contributed by atoms with Crippen LogP contribution in [-0.4, -0.2) is 16.4 Å². The van der Waals surface area contributed by atoms with Crippen molar-refractivity contribution in [1.82, 2.24) is 4.57 Å². The molecule has 0 saturated heterocycles. The van der Waals surface area contributed by atoms with Crippen LogP contribution >= 0.6 is 0 Å². The van der Waals surface area contributed by atoms with E-state index < -0.39 is 0 Å². The summed E-state index contributed by atoms with van der Waals surface area (Å²) < 4.78 is 2.30. The third-order valence-electron chi connectivity index (χ3n) is 8.90. The number of hydrogen-bond donors (Lipinski definition) is 0. The molecule has 1 aromatic heterocycles. The largest absolute Gasteiger partial charge is 0.309 e. The second-order valence-corrected chi connectivity index (χ2v) is 11.3. The Bertz CT molecular complexity index is 2470. The molecule has 0 bridgehead atoms. The Labute approximate surface area is 253 Å². The van der Waals surface area contributed by atoms with Crippen molar-refractivity contribution in [2.45, 2.75) is 0 Å². The highest BCUT2D eigenvalue weighted by atomic mass is 16.2. The van der Waals surface area contributed by atoms with Crippen LogP contribution in [0.25, 0.3) is 60.2 Å². The van der Waals surface area contributed by atoms with Crippen LogP contribution in [0.3, 0.4) is 0 Å². The van der Waals surface area contributed by atoms with Crippen LogP contribution in [-0.2, 0) is 0 Å². The zero-order valence-corrected chi connectivity index (χ0v) is 23.6. The number of anilines is 1. The first-order valence-corrected chi connectivity index (χ1v) is 14.7. The predicted octanol–water partition coefficient (Wildman–Crippen LogP) is 9.56. The Hall–Kier alpha value is -6.00. The monoisotopic (exact) mass is 564 g/mol. The lowest BCUT2D eigenvalue weighted by Crippen LogP contribution is -2.40. The summed E-state index contributed by atoms with van der Waals surface area (Å²) in [5.74, 6) is -0.608. The molecular formula is C40H24N2O2. The van der Waals surface area contributed by atoms with E-state index in [1.165, 1.54) is 10.3 Å². The molecule has 0 aliphatic carbocycles. The number of carbonyl (C=O) groups excluding carboxylic acids is 2. The van der Waals surface area contributed by atoms with Crippen LogP contribution in [0.1, 0.15) is 20.7 Å². The van der Waals surface area contributed by atoms with Gasteiger partial charge in [0.15, 0.2) is 0 Å². The molecule has 8 aromatic rings. The van der Waals surface area contributed by atoms with E-state index in [0.717, 1.165) is 49.4 Å². The zero-order valence-electron chi connectivity index (χ0n) is 23.6. The van der Waals surface area contributed by atoms with E-state index in [-0.39, 0.29) is 11.8 Å². The molecule has 9 rings (SSSR count). The van der Waals surface area contributed by atoms with E-state index >= 15 is 0 Å². The van der Waals surface area contributed by atoms with Crippen molar-refractivity contribution in [3.63, 3.8) is 0 Å². The van der Waals surface area contributed by atoms with Crippen LogP contribution in [0.2, 0.25) is 0 Å². The molecule has 4 nitrogen and oxygen atoms in total. The Morgan fingerprint density at radius 1 is 0.409 bits per heavy atom. The minimum atomic E-state index is -0.304. The lowest BCUT2D eigenvalue weighted by molar-refractivity contribution is 0.0893. The van der Waals surface area contributed by atoms with E-state index in [2.05, 4.69) is 71.3 Å². The van der Waals surface area contributed by atoms with Crippen molar-refractivity contribution in [2.24, 2.45) is 0 Å². The average Bonchev–Trinajstić information content (AvgIpc) is 3.41. The van der Waals surface area contributed by atoms with Crippen molar-refractivity contribution < 1.29 is 9.59 Å². The van der Waals surface area contributed by atoms with E-state index in [9.17, 15) is 9.59 Å². The normalized spacial score (nSPS) is 13.0. The number of imide groups is 1. The molecule has 1 aliphatic rings. The zero-order chi connectivity index (χ0) is 29.4. The molecule has 1 aliphatic heterocycles. The maximum Gasteiger partial charge on any atom is 0.265 e. The van der Waals surface area contributed by atoms with Gasteiger partial charge in [-0.2, -0.15) is 0 Å². The standard InChI is InChI=1S/C40H24N2O2/c43-39-33-15-8-14-32-30(20-21-34(38(32)33)40(44)42(39)29-19-17-25-9-4-5-10-26(25)23-29)27-18-22-37-35(24-27)31-13-6-7-16-36(31)41(37)28-11-2-1-3-12-28/h1-24H. The highest BCUT2D eigenvalue weighted by Gasteiger charge is 2.34. The molecule has 0 spiro atoms. The topological polar surface area (TPSA) is 42.3 Å². The van der Waals surface area contributed by atoms with Gasteiger partial charge in [-0.15, -0.1) is 0 Å². The quantitative estimate of drug-likeness (QED) is 0.201. The first kappa shape index (κ1) is 24.6. The first-order chi connectivity index (χ1) is 21.7. The fraction of sp³-hybridized carbons (Fsp3) is 0. The molecule has 4 heteroatoms. The first-order valence-electron chi connectivity index (χ1n) is 14.7. The summed E-state index contributed by atoms with van der Waals surface area (Å²) in [6.45, 7) is 0. The minimum Gasteiger partial charge on any atom is -0.309 e. The predicted molar refractivity (Wildman–Crippen MR) is 179 cm³/mol. The van der Waals surface area contributed by atoms with Gasteiger partial charge in [-0.05, 0) is 81.9 Å². The van der Waals surface area contributed by atoms with Crippen molar-refractivity contribution in [3.8, 4) is 16.8 Å². The fourth-order valence-corrected chi connectivity index (χ4v) is 6.89. The van der Waals surface area contributed by atoms with Gasteiger partial charge in [0, 0.05) is 33.0 Å². The van der Waals surface area contributed by atoms with Gasteiger partial charge in [0.25, 0.3) is 11.8 Å². The van der Waals surface area contributed by atoms with Gasteiger partial charge in [-0.1, -0.05) is 91.0 Å². The van der Waals surface area contributed by atoms with E-state index in [1.807, 2.05) is 78.9 Å². The van der Waals surface area contributed by atoms with E-state index in [0.29, 0.717) is 22.2 Å². The molecule has 2 heterocycles. The highest BCUT2D eigenvalue weighted by Crippen LogP contribution is 2.40. The number of nitrogens with zero attached hydrogens (tertiary/aromatic N) is 2. The maximum atomic E-state index is 14.0. The number of para-hydroxylation sites is 2. The van der Waals surface area contributed by atoms with Gasteiger partial charge in [-0.25, -0.2) is 4.90 Å². The second kappa shape index (κ2) is 9.25. The summed E-state index contributed by atoms with van der Waals surface area (Å²) in [7, 11) is 0. The Morgan fingerprint density at radius 2 is 1.09 bits per heavy atom. The molecule has 206 valence electrons. The molecule has 2 amide bonds. The van der Waals surface area contributed by atoms with Crippen molar-refractivity contribution >= 4 is 60.9 Å². The smallest absolute Gasteiger partial charge is 0.265 e. The SMILES string of the molecule is O=C1c2cccc3c(-c4ccc5c(c4)c4ccccc4n5-c4ccccc4)ccc(c23)C(=O)N1c1ccc2ccccc2c1. The summed E-state index contributed by atoms with van der Waals surface area (Å²) in [5, 5.41) is 5.97. The lowest BCUT2D eigenvalue weighted by atomic mass is 9.88. The summed E-state index contributed by atoms with van der Waals surface area (Å²) in [6.07, 6.45) is 0. The van der Waals surface area contributed by atoms with Gasteiger partial charge in [0.1, 0.15) is 0 Å². The Balaban J connectivity index is 1.22. The molecule has 0 fully saturated rings. The number of rotatable bonds is 3. The maximum absolute atomic E-state index is 14.0. The summed E-state index contributed by atoms with van der Waals surface area (Å²) in [5.41, 5.74) is 7.06. The summed E-state index contributed by atoms with van der Waals surface area (Å²) in [6, 6.07) is 48.7. The Morgan fingerprint density at radius 3 is 1.95 bits per heavy atom. The van der Waals surface area contributed by atoms with Crippen molar-refractivity contribution in [2.75, 3.05) is 4.90 Å². The van der Waals surface area contributed by atoms with Gasteiger partial charge >= 0.3 is 0 Å². The van der Waals surface area contributed by atoms with Gasteiger partial charge in [-0.3, -0.25) is 9.59 Å². The number of benzene rings is 7. The van der Waals surface area contributed by atoms with Gasteiger partial charge < -0.3 is 4.57 Å². The molecule has 0 radical (unpaired) electrons. The average molecular weight is 565 g/mol. The van der Waals surface area contributed by atoms with Crippen LogP contribution in [0.5, 0.6) is 0 Å². The number of carbonyl (C=O) groups is 2. The third kappa shape index (κ3) is 3.45. The van der Waals surface area contributed by atoms with Gasteiger partial charge in [0.2, 0.25) is 0 Å². The highest BCUT2D eigenvalue weighted by molar-refractivity contribution is 6.36. The summed E-state index contributed by atoms with van der Waals surface area (Å²) >= 11 is 0. The third-order valence-corrected chi connectivity index (χ3v) is 8.90. The van der Waals surface area contributed by atoms with Crippen LogP contribution < -0.4 is 4.90 Å². The Kier molecular flexibility index (Phi) is 5.17. The number of fused-ring (bicyclic) bond motifs is 4. The molecule has 0 N–H and O–H groups in total.